The monoisotopic (exact) mass is 382 g/mol. The highest BCUT2D eigenvalue weighted by atomic mass is 32.2. The molecule has 1 atom stereocenters. The third kappa shape index (κ3) is 3.37. The topological polar surface area (TPSA) is 51.0 Å². The number of aryl methyl sites for hydroxylation is 1. The normalized spacial score (nSPS) is 16.3. The van der Waals surface area contributed by atoms with Crippen LogP contribution in [0.2, 0.25) is 0 Å². The van der Waals surface area contributed by atoms with Crippen molar-refractivity contribution in [3.8, 4) is 0 Å². The number of nitrogens with zero attached hydrogens (tertiary/aromatic N) is 4. The van der Waals surface area contributed by atoms with Gasteiger partial charge in [0.25, 0.3) is 0 Å². The Kier molecular flexibility index (Phi) is 4.99. The zero-order valence-corrected chi connectivity index (χ0v) is 15.9. The second-order valence-corrected chi connectivity index (χ2v) is 7.99. The first-order chi connectivity index (χ1) is 12.7. The first-order valence-corrected chi connectivity index (χ1v) is 10.3. The fraction of sp³-hybridized carbons (Fsp3) is 0.211. The summed E-state index contributed by atoms with van der Waals surface area (Å²) < 4.78 is 1.83. The van der Waals surface area contributed by atoms with Crippen LogP contribution in [0.5, 0.6) is 0 Å². The molecular formula is C19H18N4OS2. The number of thioether (sulfide) groups is 2. The SMILES string of the molecule is Cn1cnnc1SCC(=O)N1c2ccccc2SC[C@@H]1c1ccccc1. The fourth-order valence-corrected chi connectivity index (χ4v) is 4.93. The summed E-state index contributed by atoms with van der Waals surface area (Å²) >= 11 is 3.22. The minimum absolute atomic E-state index is 0.0312. The van der Waals surface area contributed by atoms with E-state index >= 15 is 0 Å². The van der Waals surface area contributed by atoms with Crippen molar-refractivity contribution >= 4 is 35.1 Å². The lowest BCUT2D eigenvalue weighted by atomic mass is 10.1. The molecule has 1 aliphatic rings. The molecule has 132 valence electrons. The molecule has 26 heavy (non-hydrogen) atoms. The van der Waals surface area contributed by atoms with Gasteiger partial charge in [-0.1, -0.05) is 54.2 Å². The van der Waals surface area contributed by atoms with Crippen LogP contribution in [0.4, 0.5) is 5.69 Å². The van der Waals surface area contributed by atoms with E-state index in [1.54, 1.807) is 18.1 Å². The molecule has 7 heteroatoms. The molecule has 0 fully saturated rings. The number of carbonyl (C=O) groups excluding carboxylic acids is 1. The van der Waals surface area contributed by atoms with Gasteiger partial charge in [0.15, 0.2) is 5.16 Å². The zero-order chi connectivity index (χ0) is 17.9. The quantitative estimate of drug-likeness (QED) is 0.643. The molecule has 0 radical (unpaired) electrons. The maximum absolute atomic E-state index is 13.2. The predicted octanol–water partition coefficient (Wildman–Crippen LogP) is 3.79. The zero-order valence-electron chi connectivity index (χ0n) is 14.3. The number of benzene rings is 2. The summed E-state index contributed by atoms with van der Waals surface area (Å²) in [7, 11) is 1.88. The van der Waals surface area contributed by atoms with Crippen LogP contribution in [0, 0.1) is 0 Å². The molecule has 4 rings (SSSR count). The third-order valence-electron chi connectivity index (χ3n) is 4.28. The Morgan fingerprint density at radius 1 is 1.19 bits per heavy atom. The van der Waals surface area contributed by atoms with Gasteiger partial charge in [0.1, 0.15) is 6.33 Å². The Morgan fingerprint density at radius 3 is 2.73 bits per heavy atom. The van der Waals surface area contributed by atoms with Gasteiger partial charge in [0, 0.05) is 17.7 Å². The van der Waals surface area contributed by atoms with E-state index in [2.05, 4.69) is 28.4 Å². The third-order valence-corrected chi connectivity index (χ3v) is 6.44. The molecule has 0 bridgehead atoms. The van der Waals surface area contributed by atoms with Crippen molar-refractivity contribution in [2.24, 2.45) is 7.05 Å². The van der Waals surface area contributed by atoms with Gasteiger partial charge in [-0.05, 0) is 17.7 Å². The molecule has 1 amide bonds. The average Bonchev–Trinajstić information content (AvgIpc) is 3.10. The van der Waals surface area contributed by atoms with E-state index in [4.69, 9.17) is 0 Å². The van der Waals surface area contributed by atoms with Gasteiger partial charge in [-0.25, -0.2) is 0 Å². The van der Waals surface area contributed by atoms with Crippen molar-refractivity contribution in [2.45, 2.75) is 16.1 Å². The molecule has 3 aromatic rings. The van der Waals surface area contributed by atoms with Crippen molar-refractivity contribution < 1.29 is 4.79 Å². The van der Waals surface area contributed by atoms with Gasteiger partial charge in [-0.2, -0.15) is 0 Å². The van der Waals surface area contributed by atoms with E-state index in [0.717, 1.165) is 27.1 Å². The number of rotatable bonds is 4. The molecule has 0 saturated carbocycles. The highest BCUT2D eigenvalue weighted by Gasteiger charge is 2.32. The van der Waals surface area contributed by atoms with Crippen LogP contribution in [0.3, 0.4) is 0 Å². The average molecular weight is 383 g/mol. The summed E-state index contributed by atoms with van der Waals surface area (Å²) in [5, 5.41) is 8.67. The van der Waals surface area contributed by atoms with Crippen LogP contribution < -0.4 is 4.90 Å². The number of hydrogen-bond acceptors (Lipinski definition) is 5. The summed E-state index contributed by atoms with van der Waals surface area (Å²) in [6, 6.07) is 18.4. The van der Waals surface area contributed by atoms with Crippen molar-refractivity contribution in [2.75, 3.05) is 16.4 Å². The van der Waals surface area contributed by atoms with Gasteiger partial charge < -0.3 is 9.47 Å². The summed E-state index contributed by atoms with van der Waals surface area (Å²) in [4.78, 5) is 16.3. The van der Waals surface area contributed by atoms with Crippen LogP contribution in [-0.4, -0.2) is 32.2 Å². The Labute approximate surface area is 160 Å². The summed E-state index contributed by atoms with van der Waals surface area (Å²) in [6.45, 7) is 0. The fourth-order valence-electron chi connectivity index (χ4n) is 3.02. The molecule has 2 aromatic carbocycles. The Hall–Kier alpha value is -2.25. The molecule has 2 heterocycles. The van der Waals surface area contributed by atoms with Crippen LogP contribution in [-0.2, 0) is 11.8 Å². The van der Waals surface area contributed by atoms with E-state index in [1.807, 2.05) is 52.9 Å². The maximum atomic E-state index is 13.2. The maximum Gasteiger partial charge on any atom is 0.238 e. The van der Waals surface area contributed by atoms with Crippen molar-refractivity contribution in [3.05, 3.63) is 66.5 Å². The lowest BCUT2D eigenvalue weighted by Crippen LogP contribution is -2.39. The first-order valence-electron chi connectivity index (χ1n) is 8.29. The molecule has 1 aliphatic heterocycles. The number of amides is 1. The number of aromatic nitrogens is 3. The summed E-state index contributed by atoms with van der Waals surface area (Å²) in [6.07, 6.45) is 1.65. The van der Waals surface area contributed by atoms with Gasteiger partial charge in [0.2, 0.25) is 5.91 Å². The number of fused-ring (bicyclic) bond motifs is 1. The van der Waals surface area contributed by atoms with Gasteiger partial charge in [-0.3, -0.25) is 4.79 Å². The minimum Gasteiger partial charge on any atom is -0.312 e. The lowest BCUT2D eigenvalue weighted by molar-refractivity contribution is -0.116. The smallest absolute Gasteiger partial charge is 0.238 e. The molecule has 0 unspecified atom stereocenters. The van der Waals surface area contributed by atoms with E-state index < -0.39 is 0 Å². The number of anilines is 1. The highest BCUT2D eigenvalue weighted by Crippen LogP contribution is 2.43. The Morgan fingerprint density at radius 2 is 1.96 bits per heavy atom. The van der Waals surface area contributed by atoms with Crippen LogP contribution >= 0.6 is 23.5 Å². The second-order valence-electron chi connectivity index (χ2n) is 5.98. The summed E-state index contributed by atoms with van der Waals surface area (Å²) in [5.41, 5.74) is 2.15. The lowest BCUT2D eigenvalue weighted by Gasteiger charge is -2.37. The van der Waals surface area contributed by atoms with Crippen LogP contribution in [0.25, 0.3) is 0 Å². The highest BCUT2D eigenvalue weighted by molar-refractivity contribution is 8.00. The largest absolute Gasteiger partial charge is 0.312 e. The van der Waals surface area contributed by atoms with E-state index in [9.17, 15) is 4.79 Å². The van der Waals surface area contributed by atoms with Crippen LogP contribution in [0.15, 0.2) is 71.0 Å². The Balaban J connectivity index is 1.64. The molecule has 1 aromatic heterocycles. The predicted molar refractivity (Wildman–Crippen MR) is 106 cm³/mol. The number of hydrogen-bond donors (Lipinski definition) is 0. The first kappa shape index (κ1) is 17.2. The molecule has 0 N–H and O–H groups in total. The standard InChI is InChI=1S/C19H18N4OS2/c1-22-13-20-21-19(22)26-12-18(24)23-15-9-5-6-10-17(15)25-11-16(23)14-7-3-2-4-8-14/h2-10,13,16H,11-12H2,1H3/t16-/m1/s1. The number of para-hydroxylation sites is 1. The molecular weight excluding hydrogens is 364 g/mol. The van der Waals surface area contributed by atoms with Gasteiger partial charge in [0.05, 0.1) is 17.5 Å². The molecule has 0 saturated heterocycles. The molecule has 0 aliphatic carbocycles. The van der Waals surface area contributed by atoms with E-state index in [1.165, 1.54) is 11.8 Å². The van der Waals surface area contributed by atoms with Crippen LogP contribution in [0.1, 0.15) is 11.6 Å². The number of carbonyl (C=O) groups is 1. The van der Waals surface area contributed by atoms with Crippen molar-refractivity contribution in [1.29, 1.82) is 0 Å². The minimum atomic E-state index is 0.0312. The van der Waals surface area contributed by atoms with Gasteiger partial charge >= 0.3 is 0 Å². The second kappa shape index (κ2) is 7.55. The van der Waals surface area contributed by atoms with E-state index in [0.29, 0.717) is 5.75 Å². The van der Waals surface area contributed by atoms with E-state index in [-0.39, 0.29) is 11.9 Å². The Bertz CT molecular complexity index is 913. The molecule has 5 nitrogen and oxygen atoms in total. The summed E-state index contributed by atoms with van der Waals surface area (Å²) in [5.74, 6) is 1.26. The van der Waals surface area contributed by atoms with Gasteiger partial charge in [-0.15, -0.1) is 22.0 Å². The molecule has 0 spiro atoms. The van der Waals surface area contributed by atoms with Crippen molar-refractivity contribution in [1.82, 2.24) is 14.8 Å². The van der Waals surface area contributed by atoms with Crippen molar-refractivity contribution in [3.63, 3.8) is 0 Å².